The van der Waals surface area contributed by atoms with Crippen LogP contribution in [-0.4, -0.2) is 97.5 Å². The molecule has 4 heterocycles. The van der Waals surface area contributed by atoms with Gasteiger partial charge in [0.2, 0.25) is 0 Å². The van der Waals surface area contributed by atoms with Crippen LogP contribution in [0.15, 0.2) is 66.3 Å². The number of azide groups is 1. The number of nitrogens with zero attached hydrogens (tertiary/aromatic N) is 9. The molecule has 0 spiro atoms. The van der Waals surface area contributed by atoms with Crippen molar-refractivity contribution >= 4 is 46.1 Å². The fraction of sp³-hybridized carbons (Fsp3) is 0.345. The molecule has 238 valence electrons. The van der Waals surface area contributed by atoms with Gasteiger partial charge in [-0.15, -0.1) is 0 Å². The minimum absolute atomic E-state index is 0.117. The molecule has 0 bridgehead atoms. The number of rotatable bonds is 10. The van der Waals surface area contributed by atoms with Crippen molar-refractivity contribution in [1.29, 1.82) is 0 Å². The van der Waals surface area contributed by atoms with Crippen molar-refractivity contribution in [1.82, 2.24) is 24.4 Å². The van der Waals surface area contributed by atoms with Gasteiger partial charge in [0.25, 0.3) is 5.91 Å². The maximum absolute atomic E-state index is 13.0. The Morgan fingerprint density at radius 3 is 2.65 bits per heavy atom. The van der Waals surface area contributed by atoms with Crippen molar-refractivity contribution in [3.63, 3.8) is 0 Å². The molecule has 2 saturated heterocycles. The van der Waals surface area contributed by atoms with Crippen molar-refractivity contribution in [2.75, 3.05) is 43.0 Å². The number of para-hydroxylation sites is 1. The number of aromatic nitrogens is 4. The quantitative estimate of drug-likeness (QED) is 0.130. The summed E-state index contributed by atoms with van der Waals surface area (Å²) in [5.41, 5.74) is 11.2. The minimum atomic E-state index is -1.56. The first-order valence-corrected chi connectivity index (χ1v) is 14.7. The highest BCUT2D eigenvalue weighted by atomic mass is 35.5. The van der Waals surface area contributed by atoms with Crippen LogP contribution in [0.1, 0.15) is 11.8 Å². The zero-order chi connectivity index (χ0) is 32.2. The number of hydrogen-bond acceptors (Lipinski definition) is 11. The molecule has 3 N–H and O–H groups in total. The Hall–Kier alpha value is -5.15. The number of aliphatic hydroxyl groups is 1. The van der Waals surface area contributed by atoms with Gasteiger partial charge in [0.15, 0.2) is 35.9 Å². The van der Waals surface area contributed by atoms with E-state index >= 15 is 0 Å². The molecule has 2 aliphatic rings. The second kappa shape index (κ2) is 13.5. The van der Waals surface area contributed by atoms with Gasteiger partial charge in [0.05, 0.1) is 6.33 Å². The molecule has 0 saturated carbocycles. The molecule has 2 fully saturated rings. The van der Waals surface area contributed by atoms with Gasteiger partial charge in [-0.05, 0) is 35.9 Å². The molecule has 2 aromatic heterocycles. The lowest BCUT2D eigenvalue weighted by Gasteiger charge is -2.36. The number of aliphatic carboxylic acids is 1. The summed E-state index contributed by atoms with van der Waals surface area (Å²) in [5, 5.41) is 27.3. The number of fused-ring (bicyclic) bond motifs is 1. The van der Waals surface area contributed by atoms with E-state index in [1.54, 1.807) is 23.1 Å². The summed E-state index contributed by atoms with van der Waals surface area (Å²) in [7, 11) is 0. The number of anilines is 2. The molecule has 16 nitrogen and oxygen atoms in total. The number of ether oxygens (including phenoxy) is 2. The summed E-state index contributed by atoms with van der Waals surface area (Å²) in [6, 6.07) is 13.8. The summed E-state index contributed by atoms with van der Waals surface area (Å²) in [6.45, 7) is 2.70. The number of carboxylic acids is 1. The number of hydrogen-bond donors (Lipinski definition) is 3. The fourth-order valence-corrected chi connectivity index (χ4v) is 5.73. The number of carboxylic acid groups (broad SMARTS) is 1. The molecule has 0 radical (unpaired) electrons. The van der Waals surface area contributed by atoms with E-state index in [2.05, 4.69) is 47.3 Å². The topological polar surface area (TPSA) is 204 Å². The average molecular weight is 649 g/mol. The molecule has 4 aromatic rings. The summed E-state index contributed by atoms with van der Waals surface area (Å²) in [4.78, 5) is 44.2. The van der Waals surface area contributed by atoms with Crippen molar-refractivity contribution in [3.05, 3.63) is 82.2 Å². The lowest BCUT2D eigenvalue weighted by Crippen LogP contribution is -2.50. The SMILES string of the molecule is [N-]=[N+]=NC1C(C(=O)O)OC(n2cnc3c(NCc4cc(Cl)ccc4OCC(=O)N4CCN(c5ccccc5)CC4)ncnc32)C1O. The molecular formula is C29H29ClN10O6. The first-order valence-electron chi connectivity index (χ1n) is 14.3. The third kappa shape index (κ3) is 6.32. The van der Waals surface area contributed by atoms with Crippen LogP contribution in [0.2, 0.25) is 5.02 Å². The van der Waals surface area contributed by atoms with Crippen LogP contribution in [0, 0.1) is 0 Å². The number of aliphatic hydroxyl groups excluding tert-OH is 1. The van der Waals surface area contributed by atoms with Crippen molar-refractivity contribution in [2.45, 2.75) is 31.0 Å². The van der Waals surface area contributed by atoms with Crippen molar-refractivity contribution in [2.24, 2.45) is 5.11 Å². The van der Waals surface area contributed by atoms with Crippen LogP contribution in [0.3, 0.4) is 0 Å². The zero-order valence-electron chi connectivity index (χ0n) is 24.3. The number of halogens is 1. The Bertz CT molecular complexity index is 1780. The van der Waals surface area contributed by atoms with Crippen LogP contribution in [0.4, 0.5) is 11.5 Å². The monoisotopic (exact) mass is 648 g/mol. The van der Waals surface area contributed by atoms with Gasteiger partial charge in [-0.3, -0.25) is 9.36 Å². The molecule has 46 heavy (non-hydrogen) atoms. The third-order valence-electron chi connectivity index (χ3n) is 7.87. The predicted molar refractivity (Wildman–Crippen MR) is 165 cm³/mol. The van der Waals surface area contributed by atoms with Crippen LogP contribution >= 0.6 is 11.6 Å². The summed E-state index contributed by atoms with van der Waals surface area (Å²) < 4.78 is 12.8. The van der Waals surface area contributed by atoms with Crippen LogP contribution < -0.4 is 15.0 Å². The molecule has 4 atom stereocenters. The first kappa shape index (κ1) is 30.9. The highest BCUT2D eigenvalue weighted by molar-refractivity contribution is 6.30. The molecule has 17 heteroatoms. The van der Waals surface area contributed by atoms with E-state index < -0.39 is 30.4 Å². The van der Waals surface area contributed by atoms with Gasteiger partial charge in [0.1, 0.15) is 24.2 Å². The van der Waals surface area contributed by atoms with Crippen molar-refractivity contribution < 1.29 is 29.3 Å². The minimum Gasteiger partial charge on any atom is -0.483 e. The summed E-state index contributed by atoms with van der Waals surface area (Å²) >= 11 is 6.29. The lowest BCUT2D eigenvalue weighted by atomic mass is 10.1. The molecule has 6 rings (SSSR count). The van der Waals surface area contributed by atoms with Crippen LogP contribution in [0.5, 0.6) is 5.75 Å². The van der Waals surface area contributed by atoms with Gasteiger partial charge in [-0.2, -0.15) is 0 Å². The Balaban J connectivity index is 1.11. The average Bonchev–Trinajstić information content (AvgIpc) is 3.65. The molecule has 2 aromatic carbocycles. The number of carbonyl (C=O) groups is 2. The van der Waals surface area contributed by atoms with Crippen LogP contribution in [0.25, 0.3) is 21.6 Å². The number of piperazine rings is 1. The van der Waals surface area contributed by atoms with Crippen LogP contribution in [-0.2, 0) is 20.9 Å². The van der Waals surface area contributed by atoms with Gasteiger partial charge in [-0.1, -0.05) is 34.9 Å². The molecule has 2 aliphatic heterocycles. The third-order valence-corrected chi connectivity index (χ3v) is 8.11. The van der Waals surface area contributed by atoms with Crippen molar-refractivity contribution in [3.8, 4) is 5.75 Å². The highest BCUT2D eigenvalue weighted by Crippen LogP contribution is 2.34. The largest absolute Gasteiger partial charge is 0.483 e. The standard InChI is InChI=1S/C29H29ClN10O6/c30-18-6-7-20(45-14-21(41)39-10-8-38(9-11-39)19-4-2-1-3-5-19)17(12-18)13-32-26-23-27(34-15-33-26)40(16-35-23)28-24(42)22(36-37-31)25(46-28)29(43)44/h1-7,12,15-16,22,24-25,28,42H,8-11,13-14H2,(H,43,44)(H,32,33,34). The Labute approximate surface area is 266 Å². The van der Waals surface area contributed by atoms with E-state index in [4.69, 9.17) is 26.6 Å². The number of carbonyl (C=O) groups excluding carboxylic acids is 1. The number of nitrogens with one attached hydrogen (secondary N) is 1. The van der Waals surface area contributed by atoms with Gasteiger partial charge >= 0.3 is 5.97 Å². The van der Waals surface area contributed by atoms with Gasteiger partial charge in [-0.25, -0.2) is 19.7 Å². The van der Waals surface area contributed by atoms with Gasteiger partial charge in [0, 0.05) is 53.9 Å². The van der Waals surface area contributed by atoms with Gasteiger partial charge < -0.3 is 34.8 Å². The fourth-order valence-electron chi connectivity index (χ4n) is 5.54. The summed E-state index contributed by atoms with van der Waals surface area (Å²) in [6.07, 6.45) is -1.65. The maximum atomic E-state index is 13.0. The van der Waals surface area contributed by atoms with E-state index in [0.29, 0.717) is 40.8 Å². The second-order valence-corrected chi connectivity index (χ2v) is 11.1. The smallest absolute Gasteiger partial charge is 0.333 e. The summed E-state index contributed by atoms with van der Waals surface area (Å²) in [5.74, 6) is -0.702. The Morgan fingerprint density at radius 2 is 1.91 bits per heavy atom. The first-order chi connectivity index (χ1) is 22.3. The molecule has 4 unspecified atom stereocenters. The number of amides is 1. The van der Waals surface area contributed by atoms with E-state index in [9.17, 15) is 19.8 Å². The maximum Gasteiger partial charge on any atom is 0.333 e. The second-order valence-electron chi connectivity index (χ2n) is 10.6. The Kier molecular flexibility index (Phi) is 9.03. The molecule has 0 aliphatic carbocycles. The van der Waals surface area contributed by atoms with E-state index in [1.165, 1.54) is 17.2 Å². The highest BCUT2D eigenvalue weighted by Gasteiger charge is 2.48. The molecule has 1 amide bonds. The van der Waals surface area contributed by atoms with E-state index in [0.717, 1.165) is 18.8 Å². The van der Waals surface area contributed by atoms with E-state index in [1.807, 2.05) is 18.2 Å². The Morgan fingerprint density at radius 1 is 1.13 bits per heavy atom. The number of imidazole rings is 1. The lowest BCUT2D eigenvalue weighted by molar-refractivity contribution is -0.152. The number of benzene rings is 2. The molecular weight excluding hydrogens is 620 g/mol. The normalized spacial score (nSPS) is 21.2. The predicted octanol–water partition coefficient (Wildman–Crippen LogP) is 2.84. The zero-order valence-corrected chi connectivity index (χ0v) is 25.0. The van der Waals surface area contributed by atoms with E-state index in [-0.39, 0.29) is 24.7 Å².